The van der Waals surface area contributed by atoms with Crippen LogP contribution in [-0.2, 0) is 11.4 Å². The van der Waals surface area contributed by atoms with E-state index in [1.807, 2.05) is 74.5 Å². The quantitative estimate of drug-likeness (QED) is 0.232. The van der Waals surface area contributed by atoms with E-state index < -0.39 is 4.92 Å². The second kappa shape index (κ2) is 10.4. The summed E-state index contributed by atoms with van der Waals surface area (Å²) < 4.78 is 5.99. The summed E-state index contributed by atoms with van der Waals surface area (Å²) in [5.41, 5.74) is 2.40. The molecule has 1 saturated heterocycles. The van der Waals surface area contributed by atoms with Gasteiger partial charge < -0.3 is 4.74 Å². The Balaban J connectivity index is 1.57. The molecule has 1 fully saturated rings. The summed E-state index contributed by atoms with van der Waals surface area (Å²) in [6.07, 6.45) is 1.82. The van der Waals surface area contributed by atoms with Gasteiger partial charge in [-0.05, 0) is 67.6 Å². The van der Waals surface area contributed by atoms with Crippen molar-refractivity contribution in [1.82, 2.24) is 4.90 Å². The molecule has 0 aromatic heterocycles. The van der Waals surface area contributed by atoms with E-state index in [0.717, 1.165) is 16.8 Å². The molecule has 7 nitrogen and oxygen atoms in total. The lowest BCUT2D eigenvalue weighted by Gasteiger charge is -2.19. The Morgan fingerprint density at radius 2 is 1.71 bits per heavy atom. The highest BCUT2D eigenvalue weighted by Gasteiger charge is 2.35. The monoisotopic (exact) mass is 473 g/mol. The highest BCUT2D eigenvalue weighted by molar-refractivity contribution is 8.18. The van der Waals surface area contributed by atoms with Gasteiger partial charge in [0.1, 0.15) is 12.4 Å². The van der Waals surface area contributed by atoms with Gasteiger partial charge in [-0.1, -0.05) is 36.4 Å². The largest absolute Gasteiger partial charge is 0.488 e. The van der Waals surface area contributed by atoms with Gasteiger partial charge in [-0.2, -0.15) is 0 Å². The molecule has 1 heterocycles. The molecule has 34 heavy (non-hydrogen) atoms. The molecule has 0 radical (unpaired) electrons. The number of carbonyl (C=O) groups is 1. The number of hydrogen-bond donors (Lipinski definition) is 0. The van der Waals surface area contributed by atoms with E-state index in [1.54, 1.807) is 17.0 Å². The zero-order valence-electron chi connectivity index (χ0n) is 18.8. The average Bonchev–Trinajstić information content (AvgIpc) is 3.14. The minimum absolute atomic E-state index is 0.0355. The zero-order chi connectivity index (χ0) is 24.1. The van der Waals surface area contributed by atoms with Crippen LogP contribution >= 0.6 is 11.8 Å². The third kappa shape index (κ3) is 5.35. The van der Waals surface area contributed by atoms with Gasteiger partial charge in [0.2, 0.25) is 0 Å². The second-order valence-electron chi connectivity index (χ2n) is 7.86. The third-order valence-electron chi connectivity index (χ3n) is 5.08. The predicted molar refractivity (Wildman–Crippen MR) is 135 cm³/mol. The van der Waals surface area contributed by atoms with E-state index in [4.69, 9.17) is 4.74 Å². The molecule has 0 N–H and O–H groups in total. The molecule has 0 saturated carbocycles. The summed E-state index contributed by atoms with van der Waals surface area (Å²) in [5, 5.41) is 11.5. The van der Waals surface area contributed by atoms with Crippen LogP contribution in [0.25, 0.3) is 6.08 Å². The lowest BCUT2D eigenvalue weighted by Crippen LogP contribution is -2.35. The number of non-ortho nitro benzene ring substituents is 1. The van der Waals surface area contributed by atoms with Crippen molar-refractivity contribution in [3.63, 3.8) is 0 Å². The molecule has 0 aliphatic carbocycles. The van der Waals surface area contributed by atoms with Crippen molar-refractivity contribution in [1.29, 1.82) is 0 Å². The molecule has 0 atom stereocenters. The van der Waals surface area contributed by atoms with E-state index in [0.29, 0.717) is 15.8 Å². The number of carbonyl (C=O) groups excluding carboxylic acids is 1. The van der Waals surface area contributed by atoms with E-state index in [2.05, 4.69) is 4.99 Å². The van der Waals surface area contributed by atoms with E-state index in [9.17, 15) is 14.9 Å². The number of nitro groups is 1. The normalized spacial score (nSPS) is 16.0. The second-order valence-corrected chi connectivity index (χ2v) is 8.87. The lowest BCUT2D eigenvalue weighted by atomic mass is 10.1. The molecule has 1 aliphatic rings. The van der Waals surface area contributed by atoms with Crippen LogP contribution in [0.4, 0.5) is 11.4 Å². The summed E-state index contributed by atoms with van der Waals surface area (Å²) in [4.78, 5) is 30.6. The van der Waals surface area contributed by atoms with Crippen molar-refractivity contribution in [3.8, 4) is 5.75 Å². The molecule has 0 bridgehead atoms. The molecule has 1 aliphatic heterocycles. The van der Waals surface area contributed by atoms with E-state index in [1.165, 1.54) is 23.9 Å². The molecular formula is C26H23N3O4S. The number of rotatable bonds is 7. The van der Waals surface area contributed by atoms with Crippen LogP contribution in [0.15, 0.2) is 88.8 Å². The van der Waals surface area contributed by atoms with Gasteiger partial charge in [0.05, 0.1) is 15.5 Å². The molecular weight excluding hydrogens is 450 g/mol. The Kier molecular flexibility index (Phi) is 7.08. The van der Waals surface area contributed by atoms with Crippen molar-refractivity contribution in [3.05, 3.63) is 105 Å². The Morgan fingerprint density at radius 3 is 2.38 bits per heavy atom. The molecule has 8 heteroatoms. The summed E-state index contributed by atoms with van der Waals surface area (Å²) in [6, 6.07) is 23.2. The fraction of sp³-hybridized carbons (Fsp3) is 0.154. The summed E-state index contributed by atoms with van der Waals surface area (Å²) in [5.74, 6) is 0.520. The number of nitrogens with zero attached hydrogens (tertiary/aromatic N) is 3. The van der Waals surface area contributed by atoms with Crippen LogP contribution in [0, 0.1) is 10.1 Å². The molecule has 172 valence electrons. The van der Waals surface area contributed by atoms with Crippen molar-refractivity contribution >= 4 is 40.3 Å². The van der Waals surface area contributed by atoms with Crippen molar-refractivity contribution in [2.75, 3.05) is 0 Å². The fourth-order valence-corrected chi connectivity index (χ4v) is 4.49. The number of ether oxygens (including phenoxy) is 1. The van der Waals surface area contributed by atoms with Crippen molar-refractivity contribution in [2.45, 2.75) is 26.5 Å². The Bertz CT molecular complexity index is 1250. The first-order valence-electron chi connectivity index (χ1n) is 10.7. The number of para-hydroxylation sites is 2. The van der Waals surface area contributed by atoms with Crippen LogP contribution in [0.3, 0.4) is 0 Å². The van der Waals surface area contributed by atoms with Gasteiger partial charge in [-0.3, -0.25) is 19.8 Å². The van der Waals surface area contributed by atoms with Gasteiger partial charge in [0.15, 0.2) is 5.17 Å². The molecule has 0 spiro atoms. The number of aliphatic imine (C=N–C) groups is 1. The Hall–Kier alpha value is -3.91. The molecule has 3 aromatic carbocycles. The van der Waals surface area contributed by atoms with Crippen LogP contribution in [-0.4, -0.2) is 26.9 Å². The summed E-state index contributed by atoms with van der Waals surface area (Å²) >= 11 is 1.34. The molecule has 3 aromatic rings. The maximum Gasteiger partial charge on any atom is 0.269 e. The first kappa shape index (κ1) is 23.3. The number of benzene rings is 3. The van der Waals surface area contributed by atoms with Crippen LogP contribution < -0.4 is 4.74 Å². The summed E-state index contributed by atoms with van der Waals surface area (Å²) in [7, 11) is 0. The number of nitro benzene ring substituents is 1. The predicted octanol–water partition coefficient (Wildman–Crippen LogP) is 6.19. The Morgan fingerprint density at radius 1 is 1.03 bits per heavy atom. The van der Waals surface area contributed by atoms with Crippen LogP contribution in [0.1, 0.15) is 25.0 Å². The smallest absolute Gasteiger partial charge is 0.269 e. The minimum Gasteiger partial charge on any atom is -0.488 e. The first-order chi connectivity index (χ1) is 16.4. The highest BCUT2D eigenvalue weighted by Crippen LogP contribution is 2.36. The van der Waals surface area contributed by atoms with Gasteiger partial charge in [0.25, 0.3) is 11.6 Å². The Labute approximate surface area is 201 Å². The molecule has 1 amide bonds. The minimum atomic E-state index is -0.432. The average molecular weight is 474 g/mol. The summed E-state index contributed by atoms with van der Waals surface area (Å²) in [6.45, 7) is 4.17. The van der Waals surface area contributed by atoms with Gasteiger partial charge in [-0.15, -0.1) is 0 Å². The van der Waals surface area contributed by atoms with Gasteiger partial charge in [-0.25, -0.2) is 4.99 Å². The standard InChI is InChI=1S/C26H23N3O4S/c1-18(2)28-25(30)24(34-26(28)27-21-9-4-3-5-10-21)16-20-8-6-7-11-23(20)33-17-19-12-14-22(15-13-19)29(31)32/h3-16,18H,17H2,1-2H3/b24-16+,27-26?. The van der Waals surface area contributed by atoms with Gasteiger partial charge >= 0.3 is 0 Å². The number of thioether (sulfide) groups is 1. The lowest BCUT2D eigenvalue weighted by molar-refractivity contribution is -0.384. The third-order valence-corrected chi connectivity index (χ3v) is 6.06. The van der Waals surface area contributed by atoms with E-state index in [-0.39, 0.29) is 24.2 Å². The van der Waals surface area contributed by atoms with Crippen molar-refractivity contribution < 1.29 is 14.5 Å². The molecule has 4 rings (SSSR count). The fourth-order valence-electron chi connectivity index (χ4n) is 3.38. The number of hydrogen-bond acceptors (Lipinski definition) is 6. The SMILES string of the molecule is CC(C)N1C(=O)/C(=C\c2ccccc2OCc2ccc([N+](=O)[O-])cc2)SC1=Nc1ccccc1. The number of amidine groups is 1. The topological polar surface area (TPSA) is 85.0 Å². The van der Waals surface area contributed by atoms with Crippen molar-refractivity contribution in [2.24, 2.45) is 4.99 Å². The van der Waals surface area contributed by atoms with E-state index >= 15 is 0 Å². The first-order valence-corrected chi connectivity index (χ1v) is 11.6. The number of amides is 1. The zero-order valence-corrected chi connectivity index (χ0v) is 19.6. The van der Waals surface area contributed by atoms with Crippen LogP contribution in [0.5, 0.6) is 5.75 Å². The highest BCUT2D eigenvalue weighted by atomic mass is 32.2. The van der Waals surface area contributed by atoms with Crippen LogP contribution in [0.2, 0.25) is 0 Å². The maximum absolute atomic E-state index is 13.2. The maximum atomic E-state index is 13.2. The molecule has 0 unspecified atom stereocenters. The van der Waals surface area contributed by atoms with Gasteiger partial charge in [0, 0.05) is 23.7 Å².